The third-order valence-corrected chi connectivity index (χ3v) is 5.22. The lowest BCUT2D eigenvalue weighted by Crippen LogP contribution is -2.57. The average molecular weight is 283 g/mol. The first-order valence-corrected chi connectivity index (χ1v) is 8.45. The summed E-state index contributed by atoms with van der Waals surface area (Å²) in [5, 5.41) is 9.69. The van der Waals surface area contributed by atoms with Gasteiger partial charge in [-0.15, -0.1) is 0 Å². The Morgan fingerprint density at radius 2 is 1.80 bits per heavy atom. The molecule has 0 aliphatic carbocycles. The van der Waals surface area contributed by atoms with E-state index in [1.165, 1.54) is 39.0 Å². The first-order valence-electron chi connectivity index (χ1n) is 8.45. The molecule has 4 heteroatoms. The molecular formula is C16H33N3O. The summed E-state index contributed by atoms with van der Waals surface area (Å²) in [4.78, 5) is 7.60. The highest BCUT2D eigenvalue weighted by molar-refractivity contribution is 4.85. The smallest absolute Gasteiger partial charge is 0.0599 e. The van der Waals surface area contributed by atoms with Gasteiger partial charge in [-0.3, -0.25) is 9.80 Å². The zero-order valence-electron chi connectivity index (χ0n) is 13.6. The predicted molar refractivity (Wildman–Crippen MR) is 84.0 cm³/mol. The van der Waals surface area contributed by atoms with Gasteiger partial charge in [-0.05, 0) is 52.2 Å². The summed E-state index contributed by atoms with van der Waals surface area (Å²) in [7, 11) is 0. The van der Waals surface area contributed by atoms with E-state index < -0.39 is 0 Å². The molecule has 4 nitrogen and oxygen atoms in total. The van der Waals surface area contributed by atoms with Gasteiger partial charge >= 0.3 is 0 Å². The number of nitrogens with zero attached hydrogens (tertiary/aromatic N) is 3. The Balaban J connectivity index is 1.80. The second-order valence-electron chi connectivity index (χ2n) is 6.80. The van der Waals surface area contributed by atoms with Crippen molar-refractivity contribution in [3.05, 3.63) is 0 Å². The van der Waals surface area contributed by atoms with Crippen LogP contribution in [0.2, 0.25) is 0 Å². The zero-order valence-corrected chi connectivity index (χ0v) is 13.6. The second-order valence-corrected chi connectivity index (χ2v) is 6.80. The summed E-state index contributed by atoms with van der Waals surface area (Å²) in [6.45, 7) is 15.3. The maximum absolute atomic E-state index is 9.69. The molecule has 20 heavy (non-hydrogen) atoms. The van der Waals surface area contributed by atoms with E-state index in [-0.39, 0.29) is 0 Å². The number of hydrogen-bond acceptors (Lipinski definition) is 4. The largest absolute Gasteiger partial charge is 0.395 e. The molecule has 0 saturated carbocycles. The molecule has 0 aromatic rings. The third-order valence-electron chi connectivity index (χ3n) is 5.22. The monoisotopic (exact) mass is 283 g/mol. The van der Waals surface area contributed by atoms with Gasteiger partial charge in [-0.1, -0.05) is 6.92 Å². The molecule has 0 aromatic heterocycles. The van der Waals surface area contributed by atoms with Crippen molar-refractivity contribution in [2.75, 3.05) is 52.4 Å². The summed E-state index contributed by atoms with van der Waals surface area (Å²) < 4.78 is 0. The van der Waals surface area contributed by atoms with E-state index in [0.29, 0.717) is 18.7 Å². The zero-order chi connectivity index (χ0) is 14.5. The van der Waals surface area contributed by atoms with Gasteiger partial charge < -0.3 is 10.0 Å². The Kier molecular flexibility index (Phi) is 6.27. The van der Waals surface area contributed by atoms with E-state index in [9.17, 15) is 5.11 Å². The minimum absolute atomic E-state index is 0.303. The predicted octanol–water partition coefficient (Wildman–Crippen LogP) is 1.11. The van der Waals surface area contributed by atoms with Crippen LogP contribution < -0.4 is 0 Å². The summed E-state index contributed by atoms with van der Waals surface area (Å²) in [5.74, 6) is 0.831. The Morgan fingerprint density at radius 1 is 1.10 bits per heavy atom. The molecule has 0 spiro atoms. The standard InChI is InChI=1S/C16H33N3O/c1-4-17-7-5-15(6-8-17)11-19-10-9-18(14(2)3)12-16(19)13-20/h14-16,20H,4-13H2,1-3H3/t16-/m1/s1. The van der Waals surface area contributed by atoms with E-state index in [4.69, 9.17) is 0 Å². The Bertz CT molecular complexity index is 277. The summed E-state index contributed by atoms with van der Waals surface area (Å²) in [5.41, 5.74) is 0. The molecule has 1 atom stereocenters. The first kappa shape index (κ1) is 16.2. The number of likely N-dealkylation sites (tertiary alicyclic amines) is 1. The summed E-state index contributed by atoms with van der Waals surface area (Å²) in [6.07, 6.45) is 2.66. The third kappa shape index (κ3) is 4.17. The van der Waals surface area contributed by atoms with Crippen molar-refractivity contribution in [1.82, 2.24) is 14.7 Å². The highest BCUT2D eigenvalue weighted by atomic mass is 16.3. The van der Waals surface area contributed by atoms with Crippen molar-refractivity contribution in [2.45, 2.75) is 45.7 Å². The fraction of sp³-hybridized carbons (Fsp3) is 1.00. The topological polar surface area (TPSA) is 30.0 Å². The molecule has 0 unspecified atom stereocenters. The van der Waals surface area contributed by atoms with Crippen molar-refractivity contribution in [3.63, 3.8) is 0 Å². The van der Waals surface area contributed by atoms with E-state index in [1.54, 1.807) is 0 Å². The molecule has 2 rings (SSSR count). The molecule has 2 fully saturated rings. The fourth-order valence-corrected chi connectivity index (χ4v) is 3.62. The van der Waals surface area contributed by atoms with Gasteiger partial charge in [0.15, 0.2) is 0 Å². The highest BCUT2D eigenvalue weighted by Gasteiger charge is 2.30. The average Bonchev–Trinajstić information content (AvgIpc) is 2.48. The van der Waals surface area contributed by atoms with Crippen molar-refractivity contribution < 1.29 is 5.11 Å². The lowest BCUT2D eigenvalue weighted by molar-refractivity contribution is 0.0118. The number of piperidine rings is 1. The molecule has 2 saturated heterocycles. The van der Waals surface area contributed by atoms with Crippen LogP contribution in [0.3, 0.4) is 0 Å². The molecule has 0 amide bonds. The number of aliphatic hydroxyl groups excluding tert-OH is 1. The number of hydrogen-bond donors (Lipinski definition) is 1. The normalized spacial score (nSPS) is 28.4. The van der Waals surface area contributed by atoms with Crippen molar-refractivity contribution in [2.24, 2.45) is 5.92 Å². The van der Waals surface area contributed by atoms with Gasteiger partial charge in [-0.2, -0.15) is 0 Å². The second kappa shape index (κ2) is 7.74. The van der Waals surface area contributed by atoms with E-state index in [1.807, 2.05) is 0 Å². The Morgan fingerprint density at radius 3 is 2.35 bits per heavy atom. The SMILES string of the molecule is CCN1CCC(CN2CCN(C(C)C)C[C@@H]2CO)CC1. The van der Waals surface area contributed by atoms with Crippen LogP contribution in [0.25, 0.3) is 0 Å². The molecule has 0 radical (unpaired) electrons. The van der Waals surface area contributed by atoms with Gasteiger partial charge in [0.25, 0.3) is 0 Å². The minimum Gasteiger partial charge on any atom is -0.395 e. The van der Waals surface area contributed by atoms with Crippen LogP contribution in [0, 0.1) is 5.92 Å². The summed E-state index contributed by atoms with van der Waals surface area (Å²) >= 11 is 0. The van der Waals surface area contributed by atoms with Crippen LogP contribution in [-0.2, 0) is 0 Å². The molecular weight excluding hydrogens is 250 g/mol. The highest BCUT2D eigenvalue weighted by Crippen LogP contribution is 2.21. The van der Waals surface area contributed by atoms with Crippen molar-refractivity contribution in [3.8, 4) is 0 Å². The maximum atomic E-state index is 9.69. The van der Waals surface area contributed by atoms with Crippen LogP contribution in [0.5, 0.6) is 0 Å². The van der Waals surface area contributed by atoms with Gasteiger partial charge in [0, 0.05) is 38.3 Å². The molecule has 2 aliphatic rings. The minimum atomic E-state index is 0.303. The maximum Gasteiger partial charge on any atom is 0.0599 e. The lowest BCUT2D eigenvalue weighted by Gasteiger charge is -2.44. The summed E-state index contributed by atoms with van der Waals surface area (Å²) in [6, 6.07) is 0.939. The molecule has 118 valence electrons. The van der Waals surface area contributed by atoms with Crippen molar-refractivity contribution >= 4 is 0 Å². The van der Waals surface area contributed by atoms with E-state index in [0.717, 1.165) is 25.6 Å². The van der Waals surface area contributed by atoms with Crippen molar-refractivity contribution in [1.29, 1.82) is 0 Å². The Hall–Kier alpha value is -0.160. The first-order chi connectivity index (χ1) is 9.63. The van der Waals surface area contributed by atoms with Gasteiger partial charge in [0.05, 0.1) is 6.61 Å². The molecule has 2 aliphatic heterocycles. The molecule has 0 bridgehead atoms. The Labute approximate surface area is 124 Å². The number of rotatable bonds is 5. The lowest BCUT2D eigenvalue weighted by atomic mass is 9.95. The van der Waals surface area contributed by atoms with Crippen LogP contribution in [0.4, 0.5) is 0 Å². The van der Waals surface area contributed by atoms with Gasteiger partial charge in [-0.25, -0.2) is 0 Å². The fourth-order valence-electron chi connectivity index (χ4n) is 3.62. The quantitative estimate of drug-likeness (QED) is 0.818. The van der Waals surface area contributed by atoms with Gasteiger partial charge in [0.1, 0.15) is 0 Å². The van der Waals surface area contributed by atoms with Gasteiger partial charge in [0.2, 0.25) is 0 Å². The van der Waals surface area contributed by atoms with E-state index in [2.05, 4.69) is 35.5 Å². The van der Waals surface area contributed by atoms with E-state index >= 15 is 0 Å². The molecule has 1 N–H and O–H groups in total. The van der Waals surface area contributed by atoms with Crippen LogP contribution >= 0.6 is 0 Å². The van der Waals surface area contributed by atoms with Crippen LogP contribution in [-0.4, -0.2) is 84.3 Å². The number of aliphatic hydroxyl groups is 1. The number of piperazine rings is 1. The molecule has 2 heterocycles. The van der Waals surface area contributed by atoms with Crippen LogP contribution in [0.1, 0.15) is 33.6 Å². The molecule has 0 aromatic carbocycles. The van der Waals surface area contributed by atoms with Crippen LogP contribution in [0.15, 0.2) is 0 Å².